The SMILES string of the molecule is CNCc1ccc(OCc2nc(C)cs2)c(C(F)(F)F)c1. The first-order valence-corrected chi connectivity index (χ1v) is 7.16. The number of halogens is 3. The molecule has 1 aromatic carbocycles. The lowest BCUT2D eigenvalue weighted by molar-refractivity contribution is -0.139. The molecule has 0 aliphatic heterocycles. The minimum Gasteiger partial charge on any atom is -0.486 e. The van der Waals surface area contributed by atoms with E-state index in [0.717, 1.165) is 11.8 Å². The van der Waals surface area contributed by atoms with Crippen LogP contribution >= 0.6 is 11.3 Å². The van der Waals surface area contributed by atoms with E-state index in [2.05, 4.69) is 10.3 Å². The quantitative estimate of drug-likeness (QED) is 0.912. The van der Waals surface area contributed by atoms with Crippen molar-refractivity contribution in [2.24, 2.45) is 0 Å². The molecular weight excluding hydrogens is 301 g/mol. The van der Waals surface area contributed by atoms with Gasteiger partial charge in [0.1, 0.15) is 17.4 Å². The Morgan fingerprint density at radius 1 is 1.33 bits per heavy atom. The Labute approximate surface area is 124 Å². The average molecular weight is 316 g/mol. The molecule has 0 atom stereocenters. The maximum atomic E-state index is 13.1. The van der Waals surface area contributed by atoms with Crippen LogP contribution in [0.5, 0.6) is 5.75 Å². The highest BCUT2D eigenvalue weighted by molar-refractivity contribution is 7.09. The van der Waals surface area contributed by atoms with Crippen molar-refractivity contribution in [1.29, 1.82) is 0 Å². The molecule has 114 valence electrons. The highest BCUT2D eigenvalue weighted by Crippen LogP contribution is 2.37. The van der Waals surface area contributed by atoms with Gasteiger partial charge < -0.3 is 10.1 Å². The molecule has 3 nitrogen and oxygen atoms in total. The van der Waals surface area contributed by atoms with Crippen molar-refractivity contribution in [2.45, 2.75) is 26.3 Å². The number of nitrogens with one attached hydrogen (secondary N) is 1. The number of alkyl halides is 3. The van der Waals surface area contributed by atoms with E-state index in [1.54, 1.807) is 13.1 Å². The lowest BCUT2D eigenvalue weighted by Crippen LogP contribution is -2.11. The maximum Gasteiger partial charge on any atom is 0.419 e. The summed E-state index contributed by atoms with van der Waals surface area (Å²) < 4.78 is 44.6. The molecule has 1 N–H and O–H groups in total. The van der Waals surface area contributed by atoms with E-state index in [4.69, 9.17) is 4.74 Å². The number of hydrogen-bond donors (Lipinski definition) is 1. The number of aryl methyl sites for hydroxylation is 1. The largest absolute Gasteiger partial charge is 0.486 e. The highest BCUT2D eigenvalue weighted by atomic mass is 32.1. The van der Waals surface area contributed by atoms with Crippen molar-refractivity contribution in [1.82, 2.24) is 10.3 Å². The zero-order valence-corrected chi connectivity index (χ0v) is 12.4. The van der Waals surface area contributed by atoms with Gasteiger partial charge in [0.2, 0.25) is 0 Å². The van der Waals surface area contributed by atoms with Gasteiger partial charge in [-0.3, -0.25) is 0 Å². The molecule has 0 unspecified atom stereocenters. The highest BCUT2D eigenvalue weighted by Gasteiger charge is 2.34. The molecule has 0 aliphatic rings. The summed E-state index contributed by atoms with van der Waals surface area (Å²) in [5.41, 5.74) is 0.629. The Morgan fingerprint density at radius 2 is 2.10 bits per heavy atom. The molecular formula is C14H15F3N2OS. The van der Waals surface area contributed by atoms with Crippen LogP contribution in [-0.2, 0) is 19.3 Å². The van der Waals surface area contributed by atoms with Crippen LogP contribution in [0.3, 0.4) is 0 Å². The smallest absolute Gasteiger partial charge is 0.419 e. The van der Waals surface area contributed by atoms with E-state index < -0.39 is 11.7 Å². The van der Waals surface area contributed by atoms with Crippen LogP contribution in [0.4, 0.5) is 13.2 Å². The van der Waals surface area contributed by atoms with Crippen molar-refractivity contribution in [2.75, 3.05) is 7.05 Å². The molecule has 0 saturated carbocycles. The molecule has 0 bridgehead atoms. The summed E-state index contributed by atoms with van der Waals surface area (Å²) in [5.74, 6) is -0.171. The average Bonchev–Trinajstić information content (AvgIpc) is 2.82. The number of ether oxygens (including phenoxy) is 1. The second-order valence-corrected chi connectivity index (χ2v) is 5.47. The number of rotatable bonds is 5. The summed E-state index contributed by atoms with van der Waals surface area (Å²) in [7, 11) is 1.68. The molecule has 1 aromatic heterocycles. The van der Waals surface area contributed by atoms with Crippen LogP contribution < -0.4 is 10.1 Å². The van der Waals surface area contributed by atoms with E-state index >= 15 is 0 Å². The number of aromatic nitrogens is 1. The van der Waals surface area contributed by atoms with Gasteiger partial charge in [-0.1, -0.05) is 6.07 Å². The summed E-state index contributed by atoms with van der Waals surface area (Å²) in [6.07, 6.45) is -4.45. The second-order valence-electron chi connectivity index (χ2n) is 4.53. The summed E-state index contributed by atoms with van der Waals surface area (Å²) in [6.45, 7) is 2.23. The third-order valence-electron chi connectivity index (χ3n) is 2.75. The molecule has 0 spiro atoms. The molecule has 2 rings (SSSR count). The fraction of sp³-hybridized carbons (Fsp3) is 0.357. The lowest BCUT2D eigenvalue weighted by Gasteiger charge is -2.15. The first kappa shape index (κ1) is 15.8. The number of benzene rings is 1. The fourth-order valence-corrected chi connectivity index (χ4v) is 2.53. The Hall–Kier alpha value is -1.60. The molecule has 0 aliphatic carbocycles. The summed E-state index contributed by atoms with van der Waals surface area (Å²) in [4.78, 5) is 4.17. The Morgan fingerprint density at radius 3 is 2.67 bits per heavy atom. The van der Waals surface area contributed by atoms with E-state index in [1.807, 2.05) is 12.3 Å². The van der Waals surface area contributed by atoms with Gasteiger partial charge in [0.05, 0.1) is 5.56 Å². The molecule has 0 amide bonds. The van der Waals surface area contributed by atoms with E-state index in [1.165, 1.54) is 17.4 Å². The van der Waals surface area contributed by atoms with Gasteiger partial charge in [0.25, 0.3) is 0 Å². The second kappa shape index (κ2) is 6.44. The fourth-order valence-electron chi connectivity index (χ4n) is 1.85. The van der Waals surface area contributed by atoms with Crippen LogP contribution in [0.25, 0.3) is 0 Å². The predicted molar refractivity (Wildman–Crippen MR) is 75.4 cm³/mol. The van der Waals surface area contributed by atoms with Gasteiger partial charge in [0, 0.05) is 17.6 Å². The molecule has 21 heavy (non-hydrogen) atoms. The zero-order chi connectivity index (χ0) is 15.5. The molecule has 2 aromatic rings. The van der Waals surface area contributed by atoms with Gasteiger partial charge in [-0.15, -0.1) is 11.3 Å². The van der Waals surface area contributed by atoms with Crippen molar-refractivity contribution in [3.63, 3.8) is 0 Å². The predicted octanol–water partition coefficient (Wildman–Crippen LogP) is 3.77. The molecule has 1 heterocycles. The topological polar surface area (TPSA) is 34.1 Å². The first-order chi connectivity index (χ1) is 9.90. The van der Waals surface area contributed by atoms with Gasteiger partial charge in [-0.25, -0.2) is 4.98 Å². The summed E-state index contributed by atoms with van der Waals surface area (Å²) in [6, 6.07) is 4.09. The standard InChI is InChI=1S/C14H15F3N2OS/c1-9-8-21-13(19-9)7-20-12-4-3-10(6-18-2)5-11(12)14(15,16)17/h3-5,8,18H,6-7H2,1-2H3. The van der Waals surface area contributed by atoms with Crippen LogP contribution in [0.15, 0.2) is 23.6 Å². The Kier molecular flexibility index (Phi) is 4.84. The maximum absolute atomic E-state index is 13.1. The number of nitrogens with zero attached hydrogens (tertiary/aromatic N) is 1. The monoisotopic (exact) mass is 316 g/mol. The summed E-state index contributed by atoms with van der Waals surface area (Å²) >= 11 is 1.37. The van der Waals surface area contributed by atoms with Crippen molar-refractivity contribution in [3.05, 3.63) is 45.4 Å². The van der Waals surface area contributed by atoms with Gasteiger partial charge >= 0.3 is 6.18 Å². The van der Waals surface area contributed by atoms with Crippen LogP contribution in [0.1, 0.15) is 21.8 Å². The van der Waals surface area contributed by atoms with Crippen molar-refractivity contribution >= 4 is 11.3 Å². The third-order valence-corrected chi connectivity index (χ3v) is 3.69. The van der Waals surface area contributed by atoms with Crippen molar-refractivity contribution in [3.8, 4) is 5.75 Å². The van der Waals surface area contributed by atoms with Crippen LogP contribution in [-0.4, -0.2) is 12.0 Å². The van der Waals surface area contributed by atoms with E-state index in [0.29, 0.717) is 17.1 Å². The van der Waals surface area contributed by atoms with Gasteiger partial charge in [-0.2, -0.15) is 13.2 Å². The zero-order valence-electron chi connectivity index (χ0n) is 11.6. The Bertz CT molecular complexity index is 611. The minimum absolute atomic E-state index is 0.0347. The third kappa shape index (κ3) is 4.18. The number of thiazole rings is 1. The van der Waals surface area contributed by atoms with Gasteiger partial charge in [0.15, 0.2) is 0 Å². The van der Waals surface area contributed by atoms with Crippen LogP contribution in [0, 0.1) is 6.92 Å². The first-order valence-electron chi connectivity index (χ1n) is 6.28. The van der Waals surface area contributed by atoms with E-state index in [9.17, 15) is 13.2 Å². The number of hydrogen-bond acceptors (Lipinski definition) is 4. The normalized spacial score (nSPS) is 11.7. The van der Waals surface area contributed by atoms with Crippen LogP contribution in [0.2, 0.25) is 0 Å². The van der Waals surface area contributed by atoms with Gasteiger partial charge in [-0.05, 0) is 31.7 Å². The molecule has 0 fully saturated rings. The lowest BCUT2D eigenvalue weighted by atomic mass is 10.1. The minimum atomic E-state index is -4.45. The molecule has 7 heteroatoms. The van der Waals surface area contributed by atoms with E-state index in [-0.39, 0.29) is 12.4 Å². The Balaban J connectivity index is 2.21. The van der Waals surface area contributed by atoms with Crippen molar-refractivity contribution < 1.29 is 17.9 Å². The molecule has 0 radical (unpaired) electrons. The molecule has 0 saturated heterocycles. The summed E-state index contributed by atoms with van der Waals surface area (Å²) in [5, 5.41) is 5.31.